The van der Waals surface area contributed by atoms with E-state index in [4.69, 9.17) is 23.2 Å². The minimum absolute atomic E-state index is 0.627. The molecule has 0 saturated heterocycles. The number of nitrogens with one attached hydrogen (secondary N) is 1. The zero-order valence-corrected chi connectivity index (χ0v) is 14.0. The van der Waals surface area contributed by atoms with E-state index in [-0.39, 0.29) is 0 Å². The molecule has 0 fully saturated rings. The lowest BCUT2D eigenvalue weighted by Gasteiger charge is -2.12. The van der Waals surface area contributed by atoms with Crippen molar-refractivity contribution in [2.75, 3.05) is 12.3 Å². The van der Waals surface area contributed by atoms with Crippen LogP contribution in [-0.2, 0) is 0 Å². The minimum Gasteiger partial charge on any atom is -0.314 e. The first-order valence-corrected chi connectivity index (χ1v) is 8.69. The van der Waals surface area contributed by atoms with Crippen molar-refractivity contribution >= 4 is 35.0 Å². The van der Waals surface area contributed by atoms with Gasteiger partial charge in [0.15, 0.2) is 0 Å². The molecular weight excluding hydrogens is 297 g/mol. The fraction of sp³-hybridized carbons (Fsp3) is 0.600. The second-order valence-corrected chi connectivity index (χ2v) is 6.76. The van der Waals surface area contributed by atoms with E-state index < -0.39 is 0 Å². The van der Waals surface area contributed by atoms with Crippen molar-refractivity contribution in [2.45, 2.75) is 50.5 Å². The summed E-state index contributed by atoms with van der Waals surface area (Å²) in [7, 11) is 0. The van der Waals surface area contributed by atoms with Crippen molar-refractivity contribution < 1.29 is 0 Å². The van der Waals surface area contributed by atoms with Gasteiger partial charge in [0, 0.05) is 10.9 Å². The van der Waals surface area contributed by atoms with Crippen LogP contribution in [0.15, 0.2) is 23.1 Å². The number of benzene rings is 1. The van der Waals surface area contributed by atoms with Gasteiger partial charge in [-0.2, -0.15) is 0 Å². The van der Waals surface area contributed by atoms with Crippen LogP contribution in [0.2, 0.25) is 10.0 Å². The molecule has 0 saturated carbocycles. The number of halogens is 2. The Morgan fingerprint density at radius 3 is 2.68 bits per heavy atom. The molecule has 1 aromatic carbocycles. The Kier molecular flexibility index (Phi) is 8.97. The van der Waals surface area contributed by atoms with Crippen LogP contribution in [0, 0.1) is 0 Å². The molecule has 1 N–H and O–H groups in total. The molecule has 0 radical (unpaired) electrons. The highest BCUT2D eigenvalue weighted by molar-refractivity contribution is 7.99. The number of rotatable bonds is 9. The maximum absolute atomic E-state index is 5.99. The summed E-state index contributed by atoms with van der Waals surface area (Å²) in [6, 6.07) is 6.47. The summed E-state index contributed by atoms with van der Waals surface area (Å²) in [6.07, 6.45) is 4.97. The van der Waals surface area contributed by atoms with Crippen LogP contribution in [0.5, 0.6) is 0 Å². The quantitative estimate of drug-likeness (QED) is 0.466. The monoisotopic (exact) mass is 319 g/mol. The van der Waals surface area contributed by atoms with Crippen LogP contribution in [0.4, 0.5) is 0 Å². The molecule has 108 valence electrons. The van der Waals surface area contributed by atoms with Gasteiger partial charge < -0.3 is 5.32 Å². The maximum Gasteiger partial charge on any atom is 0.0603 e. The molecule has 0 aliphatic rings. The third kappa shape index (κ3) is 7.45. The summed E-state index contributed by atoms with van der Waals surface area (Å²) >= 11 is 13.7. The van der Waals surface area contributed by atoms with E-state index >= 15 is 0 Å². The third-order valence-corrected chi connectivity index (χ3v) is 4.75. The smallest absolute Gasteiger partial charge is 0.0603 e. The average molecular weight is 320 g/mol. The molecule has 0 bridgehead atoms. The van der Waals surface area contributed by atoms with Crippen molar-refractivity contribution in [3.05, 3.63) is 28.2 Å². The predicted molar refractivity (Wildman–Crippen MR) is 88.8 cm³/mol. The van der Waals surface area contributed by atoms with E-state index in [0.29, 0.717) is 16.1 Å². The van der Waals surface area contributed by atoms with Crippen molar-refractivity contribution in [1.82, 2.24) is 5.32 Å². The Morgan fingerprint density at radius 1 is 1.21 bits per heavy atom. The number of hydrogen-bond donors (Lipinski definition) is 1. The second-order valence-electron chi connectivity index (χ2n) is 4.78. The molecule has 4 heteroatoms. The van der Waals surface area contributed by atoms with Crippen molar-refractivity contribution in [3.8, 4) is 0 Å². The summed E-state index contributed by atoms with van der Waals surface area (Å²) in [5.74, 6) is 1.14. The Hall–Kier alpha value is 0.110. The average Bonchev–Trinajstić information content (AvgIpc) is 2.40. The normalized spacial score (nSPS) is 12.6. The van der Waals surface area contributed by atoms with E-state index in [0.717, 1.165) is 12.3 Å². The lowest BCUT2D eigenvalue weighted by molar-refractivity contribution is 0.496. The maximum atomic E-state index is 5.99. The first-order chi connectivity index (χ1) is 9.13. The molecule has 0 spiro atoms. The van der Waals surface area contributed by atoms with Gasteiger partial charge in [0.1, 0.15) is 0 Å². The van der Waals surface area contributed by atoms with Crippen molar-refractivity contribution in [3.63, 3.8) is 0 Å². The van der Waals surface area contributed by atoms with Crippen molar-refractivity contribution in [1.29, 1.82) is 0 Å². The van der Waals surface area contributed by atoms with Gasteiger partial charge in [0.2, 0.25) is 0 Å². The Morgan fingerprint density at radius 2 is 2.00 bits per heavy atom. The SMILES string of the molecule is CCCNC(C)CCCCSc1ccc(Cl)c(Cl)c1. The van der Waals surface area contributed by atoms with Crippen molar-refractivity contribution in [2.24, 2.45) is 0 Å². The fourth-order valence-electron chi connectivity index (χ4n) is 1.80. The fourth-order valence-corrected chi connectivity index (χ4v) is 3.11. The molecule has 0 aromatic heterocycles. The largest absolute Gasteiger partial charge is 0.314 e. The van der Waals surface area contributed by atoms with Crippen LogP contribution in [-0.4, -0.2) is 18.3 Å². The number of unbranched alkanes of at least 4 members (excludes halogenated alkanes) is 1. The van der Waals surface area contributed by atoms with Crippen LogP contribution < -0.4 is 5.32 Å². The van der Waals surface area contributed by atoms with Gasteiger partial charge in [0.05, 0.1) is 10.0 Å². The molecule has 1 atom stereocenters. The number of hydrogen-bond acceptors (Lipinski definition) is 2. The molecule has 0 aliphatic heterocycles. The van der Waals surface area contributed by atoms with Gasteiger partial charge in [-0.05, 0) is 56.7 Å². The lowest BCUT2D eigenvalue weighted by atomic mass is 10.1. The van der Waals surface area contributed by atoms with Crippen LogP contribution >= 0.6 is 35.0 Å². The summed E-state index contributed by atoms with van der Waals surface area (Å²) in [6.45, 7) is 5.59. The molecular formula is C15H23Cl2NS. The summed E-state index contributed by atoms with van der Waals surface area (Å²) in [4.78, 5) is 1.20. The van der Waals surface area contributed by atoms with E-state index in [2.05, 4.69) is 19.2 Å². The zero-order chi connectivity index (χ0) is 14.1. The number of thioether (sulfide) groups is 1. The highest BCUT2D eigenvalue weighted by Gasteiger charge is 2.02. The zero-order valence-electron chi connectivity index (χ0n) is 11.7. The predicted octanol–water partition coefficient (Wildman–Crippen LogP) is 5.64. The van der Waals surface area contributed by atoms with E-state index in [1.807, 2.05) is 30.0 Å². The first-order valence-electron chi connectivity index (χ1n) is 6.94. The molecule has 0 heterocycles. The minimum atomic E-state index is 0.627. The highest BCUT2D eigenvalue weighted by Crippen LogP contribution is 2.28. The summed E-state index contributed by atoms with van der Waals surface area (Å²) in [5.41, 5.74) is 0. The Balaban J connectivity index is 2.12. The molecule has 1 nitrogen and oxygen atoms in total. The van der Waals surface area contributed by atoms with Gasteiger partial charge in [-0.15, -0.1) is 11.8 Å². The topological polar surface area (TPSA) is 12.0 Å². The molecule has 1 unspecified atom stereocenters. The van der Waals surface area contributed by atoms with Gasteiger partial charge in [0.25, 0.3) is 0 Å². The van der Waals surface area contributed by atoms with E-state index in [1.165, 1.54) is 30.6 Å². The molecule has 1 aromatic rings. The van der Waals surface area contributed by atoms with Crippen LogP contribution in [0.3, 0.4) is 0 Å². The molecule has 19 heavy (non-hydrogen) atoms. The summed E-state index contributed by atoms with van der Waals surface area (Å²) in [5, 5.41) is 4.79. The van der Waals surface area contributed by atoms with Crippen LogP contribution in [0.25, 0.3) is 0 Å². The highest BCUT2D eigenvalue weighted by atomic mass is 35.5. The molecule has 0 amide bonds. The Bertz CT molecular complexity index is 371. The summed E-state index contributed by atoms with van der Waals surface area (Å²) < 4.78 is 0. The standard InChI is InChI=1S/C15H23Cl2NS/c1-3-9-18-12(2)6-4-5-10-19-13-7-8-14(16)15(17)11-13/h7-8,11-12,18H,3-6,9-10H2,1-2H3. The van der Waals surface area contributed by atoms with E-state index in [1.54, 1.807) is 0 Å². The lowest BCUT2D eigenvalue weighted by Crippen LogP contribution is -2.26. The second kappa shape index (κ2) is 9.93. The van der Waals surface area contributed by atoms with Crippen LogP contribution in [0.1, 0.15) is 39.5 Å². The Labute approximate surface area is 131 Å². The van der Waals surface area contributed by atoms with Gasteiger partial charge in [-0.1, -0.05) is 36.5 Å². The van der Waals surface area contributed by atoms with Gasteiger partial charge in [-0.25, -0.2) is 0 Å². The van der Waals surface area contributed by atoms with Gasteiger partial charge >= 0.3 is 0 Å². The first kappa shape index (κ1) is 17.2. The third-order valence-electron chi connectivity index (χ3n) is 2.93. The van der Waals surface area contributed by atoms with E-state index in [9.17, 15) is 0 Å². The van der Waals surface area contributed by atoms with Gasteiger partial charge in [-0.3, -0.25) is 0 Å². The molecule has 0 aliphatic carbocycles. The molecule has 1 rings (SSSR count).